The second-order valence-corrected chi connectivity index (χ2v) is 11.6. The lowest BCUT2D eigenvalue weighted by Crippen LogP contribution is -2.14. The Morgan fingerprint density at radius 1 is 1.08 bits per heavy atom. The largest absolute Gasteiger partial charge is 0.488 e. The van der Waals surface area contributed by atoms with E-state index in [2.05, 4.69) is 89.3 Å². The fourth-order valence-electron chi connectivity index (χ4n) is 5.46. The van der Waals surface area contributed by atoms with E-state index in [1.165, 1.54) is 22.3 Å². The summed E-state index contributed by atoms with van der Waals surface area (Å²) in [6.07, 6.45) is 13.0. The molecule has 200 valence electrons. The van der Waals surface area contributed by atoms with Gasteiger partial charge < -0.3 is 9.84 Å². The summed E-state index contributed by atoms with van der Waals surface area (Å²) in [6.45, 7) is 11.2. The molecule has 0 saturated heterocycles. The van der Waals surface area contributed by atoms with Crippen LogP contribution in [-0.2, 0) is 13.0 Å². The molecule has 0 aromatic heterocycles. The minimum absolute atomic E-state index is 0.00197. The van der Waals surface area contributed by atoms with Crippen molar-refractivity contribution < 1.29 is 14.6 Å². The Kier molecular flexibility index (Phi) is 8.89. The summed E-state index contributed by atoms with van der Waals surface area (Å²) in [7, 11) is 0. The van der Waals surface area contributed by atoms with Gasteiger partial charge in [-0.1, -0.05) is 87.4 Å². The topological polar surface area (TPSA) is 46.5 Å². The van der Waals surface area contributed by atoms with Crippen molar-refractivity contribution in [1.82, 2.24) is 0 Å². The Morgan fingerprint density at radius 2 is 1.82 bits per heavy atom. The molecule has 2 aliphatic rings. The number of ketones is 1. The van der Waals surface area contributed by atoms with Gasteiger partial charge in [-0.3, -0.25) is 4.79 Å². The zero-order chi connectivity index (χ0) is 27.3. The molecule has 0 fully saturated rings. The normalized spacial score (nSPS) is 18.4. The van der Waals surface area contributed by atoms with Gasteiger partial charge in [-0.25, -0.2) is 0 Å². The summed E-state index contributed by atoms with van der Waals surface area (Å²) < 4.78 is 6.23. The molecule has 0 heterocycles. The average Bonchev–Trinajstić information content (AvgIpc) is 3.01. The number of aliphatic hydroxyl groups is 1. The number of fused-ring (bicyclic) bond motifs is 1. The van der Waals surface area contributed by atoms with Crippen LogP contribution in [0.5, 0.6) is 5.75 Å². The van der Waals surface area contributed by atoms with Gasteiger partial charge in [0.05, 0.1) is 12.2 Å². The highest BCUT2D eigenvalue weighted by Crippen LogP contribution is 2.40. The van der Waals surface area contributed by atoms with Gasteiger partial charge in [-0.15, -0.1) is 0 Å². The molecule has 0 radical (unpaired) electrons. The van der Waals surface area contributed by atoms with Gasteiger partial charge >= 0.3 is 0 Å². The average molecular weight is 511 g/mol. The lowest BCUT2D eigenvalue weighted by Gasteiger charge is -2.27. The Hall–Kier alpha value is -3.17. The molecule has 0 bridgehead atoms. The molecule has 4 rings (SSSR count). The van der Waals surface area contributed by atoms with E-state index in [0.717, 1.165) is 36.0 Å². The number of Topliss-reactive ketones (excluding diaryl/α,β-unsaturated/α-hetero) is 1. The molecular formula is C35H42O3. The van der Waals surface area contributed by atoms with Crippen molar-refractivity contribution in [3.8, 4) is 5.75 Å². The molecule has 1 atom stereocenters. The Bertz CT molecular complexity index is 1280. The molecule has 3 heteroatoms. The number of benzene rings is 2. The first kappa shape index (κ1) is 27.9. The van der Waals surface area contributed by atoms with E-state index in [0.29, 0.717) is 30.8 Å². The molecule has 0 aliphatic heterocycles. The third-order valence-corrected chi connectivity index (χ3v) is 7.71. The summed E-state index contributed by atoms with van der Waals surface area (Å²) in [4.78, 5) is 13.6. The Balaban J connectivity index is 1.54. The molecule has 3 nitrogen and oxygen atoms in total. The number of allylic oxidation sites excluding steroid dienone is 7. The quantitative estimate of drug-likeness (QED) is 0.327. The molecule has 2 aromatic carbocycles. The third kappa shape index (κ3) is 6.82. The summed E-state index contributed by atoms with van der Waals surface area (Å²) in [6, 6.07) is 14.3. The summed E-state index contributed by atoms with van der Waals surface area (Å²) in [5.41, 5.74) is 8.90. The van der Waals surface area contributed by atoms with Crippen molar-refractivity contribution in [3.05, 3.63) is 111 Å². The monoisotopic (exact) mass is 510 g/mol. The molecule has 0 saturated carbocycles. The Labute approximate surface area is 228 Å². The molecular weight excluding hydrogens is 468 g/mol. The van der Waals surface area contributed by atoms with Gasteiger partial charge in [0.25, 0.3) is 0 Å². The predicted molar refractivity (Wildman–Crippen MR) is 156 cm³/mol. The number of aliphatic hydroxyl groups excluding tert-OH is 1. The minimum atomic E-state index is 0.00197. The first-order valence-electron chi connectivity index (χ1n) is 14.0. The first-order valence-corrected chi connectivity index (χ1v) is 14.0. The second kappa shape index (κ2) is 12.1. The molecule has 0 amide bonds. The van der Waals surface area contributed by atoms with Gasteiger partial charge in [0, 0.05) is 12.3 Å². The molecule has 0 unspecified atom stereocenters. The van der Waals surface area contributed by atoms with Crippen LogP contribution in [0, 0.1) is 18.3 Å². The van der Waals surface area contributed by atoms with E-state index < -0.39 is 0 Å². The highest BCUT2D eigenvalue weighted by Gasteiger charge is 2.27. The van der Waals surface area contributed by atoms with Crippen LogP contribution in [0.1, 0.15) is 80.4 Å². The van der Waals surface area contributed by atoms with Crippen LogP contribution < -0.4 is 4.74 Å². The third-order valence-electron chi connectivity index (χ3n) is 7.71. The number of ether oxygens (including phenoxy) is 1. The number of hydrogen-bond acceptors (Lipinski definition) is 3. The van der Waals surface area contributed by atoms with Crippen LogP contribution in [0.15, 0.2) is 89.1 Å². The van der Waals surface area contributed by atoms with Crippen LogP contribution in [0.2, 0.25) is 0 Å². The molecule has 38 heavy (non-hydrogen) atoms. The molecule has 0 spiro atoms. The first-order chi connectivity index (χ1) is 18.2. The van der Waals surface area contributed by atoms with Crippen molar-refractivity contribution in [1.29, 1.82) is 0 Å². The van der Waals surface area contributed by atoms with Crippen molar-refractivity contribution in [2.24, 2.45) is 11.3 Å². The highest BCUT2D eigenvalue weighted by atomic mass is 16.5. The van der Waals surface area contributed by atoms with Crippen LogP contribution in [0.25, 0.3) is 0 Å². The van der Waals surface area contributed by atoms with E-state index in [4.69, 9.17) is 4.74 Å². The SMILES string of the molecule is CCCc1ccc(C(=O)CC[C@@H]2C=C3C=CC(C)(C)CC3=CC(C)=C2CO)c(OCc2ccc(C)cc2)c1. The van der Waals surface area contributed by atoms with Crippen molar-refractivity contribution in [2.45, 2.75) is 73.3 Å². The van der Waals surface area contributed by atoms with E-state index in [1.807, 2.05) is 12.1 Å². The maximum Gasteiger partial charge on any atom is 0.166 e. The smallest absolute Gasteiger partial charge is 0.166 e. The lowest BCUT2D eigenvalue weighted by atomic mass is 9.77. The van der Waals surface area contributed by atoms with Crippen molar-refractivity contribution in [3.63, 3.8) is 0 Å². The van der Waals surface area contributed by atoms with Crippen LogP contribution >= 0.6 is 0 Å². The van der Waals surface area contributed by atoms with Crippen molar-refractivity contribution >= 4 is 5.78 Å². The number of carbonyl (C=O) groups excluding carboxylic acids is 1. The number of aryl methyl sites for hydroxylation is 2. The fourth-order valence-corrected chi connectivity index (χ4v) is 5.46. The Morgan fingerprint density at radius 3 is 2.53 bits per heavy atom. The van der Waals surface area contributed by atoms with Gasteiger partial charge in [-0.2, -0.15) is 0 Å². The second-order valence-electron chi connectivity index (χ2n) is 11.6. The summed E-state index contributed by atoms with van der Waals surface area (Å²) >= 11 is 0. The maximum atomic E-state index is 13.6. The fraction of sp³-hybridized carbons (Fsp3) is 0.400. The highest BCUT2D eigenvalue weighted by molar-refractivity contribution is 5.98. The van der Waals surface area contributed by atoms with Crippen molar-refractivity contribution in [2.75, 3.05) is 6.61 Å². The summed E-state index contributed by atoms with van der Waals surface area (Å²) in [5, 5.41) is 10.3. The molecule has 1 N–H and O–H groups in total. The standard InChI is InChI=1S/C35H42O3/c1-6-7-26-12-14-31(34(19-26)38-23-27-10-8-24(2)9-11-27)33(37)15-13-29-20-28-16-17-35(4,5)21-30(28)18-25(3)32(29)22-36/h8-12,14,16-20,29,36H,6-7,13,15,21-23H2,1-5H3/t29-/m1/s1. The lowest BCUT2D eigenvalue weighted by molar-refractivity contribution is 0.0972. The zero-order valence-electron chi connectivity index (χ0n) is 23.6. The zero-order valence-corrected chi connectivity index (χ0v) is 23.6. The maximum absolute atomic E-state index is 13.6. The number of hydrogen-bond donors (Lipinski definition) is 1. The minimum Gasteiger partial charge on any atom is -0.488 e. The van der Waals surface area contributed by atoms with E-state index >= 15 is 0 Å². The molecule has 2 aliphatic carbocycles. The van der Waals surface area contributed by atoms with E-state index in [9.17, 15) is 9.90 Å². The summed E-state index contributed by atoms with van der Waals surface area (Å²) in [5.74, 6) is 0.768. The van der Waals surface area contributed by atoms with Gasteiger partial charge in [0.2, 0.25) is 0 Å². The number of carbonyl (C=O) groups is 1. The van der Waals surface area contributed by atoms with Gasteiger partial charge in [0.1, 0.15) is 12.4 Å². The van der Waals surface area contributed by atoms with E-state index in [-0.39, 0.29) is 23.7 Å². The van der Waals surface area contributed by atoms with Crippen LogP contribution in [-0.4, -0.2) is 17.5 Å². The van der Waals surface area contributed by atoms with E-state index in [1.54, 1.807) is 0 Å². The van der Waals surface area contributed by atoms with Crippen LogP contribution in [0.4, 0.5) is 0 Å². The van der Waals surface area contributed by atoms with Crippen LogP contribution in [0.3, 0.4) is 0 Å². The van der Waals surface area contributed by atoms with Gasteiger partial charge in [-0.05, 0) is 84.1 Å². The number of rotatable bonds is 10. The van der Waals surface area contributed by atoms with Gasteiger partial charge in [0.15, 0.2) is 5.78 Å². The predicted octanol–water partition coefficient (Wildman–Crippen LogP) is 8.27. The molecule has 2 aromatic rings.